The standard InChI is InChI=1S/C16H23BrN2/c17-15-8-7-14(18)10-13(15)11-19-9-3-5-12-4-1-2-6-16(12)19/h7-8,10,12,16H,1-6,9,11,18H2. The average molecular weight is 323 g/mol. The maximum atomic E-state index is 5.93. The molecule has 2 aliphatic rings. The van der Waals surface area contributed by atoms with Crippen LogP contribution >= 0.6 is 15.9 Å². The van der Waals surface area contributed by atoms with Gasteiger partial charge in [-0.3, -0.25) is 4.90 Å². The average Bonchev–Trinajstić information content (AvgIpc) is 2.43. The number of rotatable bonds is 2. The van der Waals surface area contributed by atoms with Gasteiger partial charge >= 0.3 is 0 Å². The molecule has 0 aromatic heterocycles. The van der Waals surface area contributed by atoms with E-state index in [2.05, 4.69) is 33.0 Å². The monoisotopic (exact) mass is 322 g/mol. The number of halogens is 1. The lowest BCUT2D eigenvalue weighted by molar-refractivity contribution is 0.0545. The molecule has 1 aliphatic carbocycles. The third-order valence-corrected chi connectivity index (χ3v) is 5.58. The van der Waals surface area contributed by atoms with Crippen LogP contribution in [0, 0.1) is 5.92 Å². The van der Waals surface area contributed by atoms with Crippen molar-refractivity contribution >= 4 is 21.6 Å². The molecule has 0 radical (unpaired) electrons. The highest BCUT2D eigenvalue weighted by Crippen LogP contribution is 2.36. The highest BCUT2D eigenvalue weighted by atomic mass is 79.9. The van der Waals surface area contributed by atoms with Crippen LogP contribution in [0.5, 0.6) is 0 Å². The van der Waals surface area contributed by atoms with Crippen LogP contribution in [0.3, 0.4) is 0 Å². The molecule has 2 atom stereocenters. The zero-order chi connectivity index (χ0) is 13.2. The maximum Gasteiger partial charge on any atom is 0.0318 e. The minimum Gasteiger partial charge on any atom is -0.399 e. The molecule has 1 saturated carbocycles. The van der Waals surface area contributed by atoms with Gasteiger partial charge in [0.25, 0.3) is 0 Å². The van der Waals surface area contributed by atoms with Crippen LogP contribution in [0.25, 0.3) is 0 Å². The van der Waals surface area contributed by atoms with Crippen molar-refractivity contribution in [3.05, 3.63) is 28.2 Å². The lowest BCUT2D eigenvalue weighted by Gasteiger charge is -2.44. The number of hydrogen-bond acceptors (Lipinski definition) is 2. The first-order valence-electron chi connectivity index (χ1n) is 7.52. The minimum atomic E-state index is 0.816. The van der Waals surface area contributed by atoms with Gasteiger partial charge in [-0.2, -0.15) is 0 Å². The van der Waals surface area contributed by atoms with Gasteiger partial charge in [-0.15, -0.1) is 0 Å². The van der Waals surface area contributed by atoms with E-state index in [1.807, 2.05) is 6.07 Å². The lowest BCUT2D eigenvalue weighted by atomic mass is 9.78. The molecule has 0 bridgehead atoms. The smallest absolute Gasteiger partial charge is 0.0318 e. The summed E-state index contributed by atoms with van der Waals surface area (Å²) in [5, 5.41) is 0. The lowest BCUT2D eigenvalue weighted by Crippen LogP contribution is -2.46. The first kappa shape index (κ1) is 13.4. The number of fused-ring (bicyclic) bond motifs is 1. The molecule has 19 heavy (non-hydrogen) atoms. The summed E-state index contributed by atoms with van der Waals surface area (Å²) in [5.41, 5.74) is 8.13. The highest BCUT2D eigenvalue weighted by Gasteiger charge is 2.33. The molecule has 2 unspecified atom stereocenters. The Morgan fingerprint density at radius 2 is 1.95 bits per heavy atom. The number of benzene rings is 1. The molecule has 3 rings (SSSR count). The number of nitrogens with two attached hydrogens (primary N) is 1. The molecule has 2 fully saturated rings. The van der Waals surface area contributed by atoms with Crippen LogP contribution in [0.4, 0.5) is 5.69 Å². The molecular formula is C16H23BrN2. The molecule has 1 heterocycles. The van der Waals surface area contributed by atoms with Crippen molar-refractivity contribution in [2.45, 2.75) is 51.1 Å². The molecule has 0 amide bonds. The second kappa shape index (κ2) is 5.84. The van der Waals surface area contributed by atoms with Crippen molar-refractivity contribution in [1.82, 2.24) is 4.90 Å². The molecule has 3 heteroatoms. The third-order valence-electron chi connectivity index (χ3n) is 4.80. The molecule has 1 aromatic rings. The Morgan fingerprint density at radius 1 is 1.16 bits per heavy atom. The fourth-order valence-electron chi connectivity index (χ4n) is 3.86. The summed E-state index contributed by atoms with van der Waals surface area (Å²) in [5.74, 6) is 0.947. The van der Waals surface area contributed by atoms with Gasteiger partial charge in [-0.05, 0) is 61.9 Å². The fraction of sp³-hybridized carbons (Fsp3) is 0.625. The Kier molecular flexibility index (Phi) is 4.13. The van der Waals surface area contributed by atoms with E-state index in [1.54, 1.807) is 0 Å². The molecule has 1 aromatic carbocycles. The summed E-state index contributed by atoms with van der Waals surface area (Å²) in [6, 6.07) is 6.98. The van der Waals surface area contributed by atoms with E-state index in [0.29, 0.717) is 0 Å². The van der Waals surface area contributed by atoms with Crippen molar-refractivity contribution in [2.75, 3.05) is 12.3 Å². The second-order valence-electron chi connectivity index (χ2n) is 6.08. The zero-order valence-electron chi connectivity index (χ0n) is 11.4. The number of likely N-dealkylation sites (tertiary alicyclic amines) is 1. The van der Waals surface area contributed by atoms with Gasteiger partial charge in [-0.1, -0.05) is 28.8 Å². The Hall–Kier alpha value is -0.540. The number of hydrogen-bond donors (Lipinski definition) is 1. The van der Waals surface area contributed by atoms with Gasteiger partial charge in [0.05, 0.1) is 0 Å². The molecule has 1 saturated heterocycles. The van der Waals surface area contributed by atoms with Crippen LogP contribution in [0.2, 0.25) is 0 Å². The van der Waals surface area contributed by atoms with Crippen molar-refractivity contribution in [2.24, 2.45) is 5.92 Å². The second-order valence-corrected chi connectivity index (χ2v) is 6.93. The zero-order valence-corrected chi connectivity index (χ0v) is 13.0. The van der Waals surface area contributed by atoms with Gasteiger partial charge in [0.2, 0.25) is 0 Å². The summed E-state index contributed by atoms with van der Waals surface area (Å²) in [6.07, 6.45) is 8.50. The van der Waals surface area contributed by atoms with Gasteiger partial charge in [0.1, 0.15) is 0 Å². The SMILES string of the molecule is Nc1ccc(Br)c(CN2CCCC3CCCCC32)c1. The molecule has 1 aliphatic heterocycles. The van der Waals surface area contributed by atoms with Crippen LogP contribution in [0.15, 0.2) is 22.7 Å². The summed E-state index contributed by atoms with van der Waals surface area (Å²) >= 11 is 3.66. The number of piperidine rings is 1. The molecule has 104 valence electrons. The quantitative estimate of drug-likeness (QED) is 0.827. The van der Waals surface area contributed by atoms with E-state index >= 15 is 0 Å². The van der Waals surface area contributed by atoms with Crippen molar-refractivity contribution in [3.8, 4) is 0 Å². The van der Waals surface area contributed by atoms with Gasteiger partial charge in [-0.25, -0.2) is 0 Å². The van der Waals surface area contributed by atoms with Crippen LogP contribution < -0.4 is 5.73 Å². The van der Waals surface area contributed by atoms with Crippen molar-refractivity contribution < 1.29 is 0 Å². The summed E-state index contributed by atoms with van der Waals surface area (Å²) < 4.78 is 1.19. The highest BCUT2D eigenvalue weighted by molar-refractivity contribution is 9.10. The first-order valence-corrected chi connectivity index (χ1v) is 8.31. The first-order chi connectivity index (χ1) is 9.24. The predicted octanol–water partition coefficient (Wildman–Crippen LogP) is 4.19. The Morgan fingerprint density at radius 3 is 2.84 bits per heavy atom. The Balaban J connectivity index is 1.75. The summed E-state index contributed by atoms with van der Waals surface area (Å²) in [6.45, 7) is 2.30. The van der Waals surface area contributed by atoms with Gasteiger partial charge in [0.15, 0.2) is 0 Å². The van der Waals surface area contributed by atoms with E-state index in [1.165, 1.54) is 55.1 Å². The number of anilines is 1. The van der Waals surface area contributed by atoms with Crippen LogP contribution in [-0.2, 0) is 6.54 Å². The van der Waals surface area contributed by atoms with Crippen molar-refractivity contribution in [3.63, 3.8) is 0 Å². The third kappa shape index (κ3) is 2.97. The van der Waals surface area contributed by atoms with E-state index < -0.39 is 0 Å². The van der Waals surface area contributed by atoms with E-state index in [9.17, 15) is 0 Å². The van der Waals surface area contributed by atoms with Crippen molar-refractivity contribution in [1.29, 1.82) is 0 Å². The normalized spacial score (nSPS) is 28.1. The van der Waals surface area contributed by atoms with E-state index in [-0.39, 0.29) is 0 Å². The molecule has 2 N–H and O–H groups in total. The Labute approximate surface area is 124 Å². The Bertz CT molecular complexity index is 444. The van der Waals surface area contributed by atoms with Gasteiger partial charge in [0, 0.05) is 22.7 Å². The van der Waals surface area contributed by atoms with Gasteiger partial charge < -0.3 is 5.73 Å². The largest absolute Gasteiger partial charge is 0.399 e. The number of nitrogen functional groups attached to an aromatic ring is 1. The van der Waals surface area contributed by atoms with Crippen LogP contribution in [0.1, 0.15) is 44.1 Å². The molecule has 2 nitrogen and oxygen atoms in total. The maximum absolute atomic E-state index is 5.93. The predicted molar refractivity (Wildman–Crippen MR) is 83.9 cm³/mol. The molecule has 0 spiro atoms. The minimum absolute atomic E-state index is 0.816. The number of nitrogens with zero attached hydrogens (tertiary/aromatic N) is 1. The van der Waals surface area contributed by atoms with E-state index in [0.717, 1.165) is 24.2 Å². The summed E-state index contributed by atoms with van der Waals surface area (Å²) in [7, 11) is 0. The fourth-order valence-corrected chi connectivity index (χ4v) is 4.23. The van der Waals surface area contributed by atoms with E-state index in [4.69, 9.17) is 5.73 Å². The van der Waals surface area contributed by atoms with Crippen LogP contribution in [-0.4, -0.2) is 17.5 Å². The molecular weight excluding hydrogens is 300 g/mol. The summed E-state index contributed by atoms with van der Waals surface area (Å²) in [4.78, 5) is 2.70. The topological polar surface area (TPSA) is 29.3 Å².